The number of halogens is 4. The SMILES string of the molecule is Cc1nc(C(=O)N2c3cccc(O)c3NC3=C(C(=O)CC(C)(C)C3)C2c2ccc(OCc3ccccc3)cc2F)c(C(F)(F)F)o1. The summed E-state index contributed by atoms with van der Waals surface area (Å²) in [6.45, 7) is 5.02. The number of benzene rings is 3. The summed E-state index contributed by atoms with van der Waals surface area (Å²) in [5.41, 5.74) is -0.802. The fourth-order valence-electron chi connectivity index (χ4n) is 6.00. The van der Waals surface area contributed by atoms with Crippen molar-refractivity contribution in [3.8, 4) is 11.5 Å². The molecule has 1 aromatic heterocycles. The van der Waals surface area contributed by atoms with Gasteiger partial charge in [-0.15, -0.1) is 0 Å². The Labute approximate surface area is 261 Å². The number of hydrogen-bond donors (Lipinski definition) is 2. The number of aromatic hydroxyl groups is 1. The largest absolute Gasteiger partial charge is 0.506 e. The molecule has 238 valence electrons. The van der Waals surface area contributed by atoms with Crippen molar-refractivity contribution < 1.29 is 41.4 Å². The number of amides is 1. The monoisotopic (exact) mass is 635 g/mol. The molecule has 8 nitrogen and oxygen atoms in total. The van der Waals surface area contributed by atoms with Gasteiger partial charge in [0.1, 0.15) is 29.6 Å². The number of nitrogens with one attached hydrogen (secondary N) is 1. The number of allylic oxidation sites excluding steroid dienone is 1. The molecule has 0 saturated carbocycles. The molecule has 1 unspecified atom stereocenters. The van der Waals surface area contributed by atoms with E-state index in [1.54, 1.807) is 0 Å². The van der Waals surface area contributed by atoms with Crippen molar-refractivity contribution in [1.82, 2.24) is 4.98 Å². The second-order valence-electron chi connectivity index (χ2n) is 12.1. The Morgan fingerprint density at radius 2 is 1.85 bits per heavy atom. The molecule has 1 atom stereocenters. The number of rotatable bonds is 5. The summed E-state index contributed by atoms with van der Waals surface area (Å²) in [6.07, 6.45) is -4.81. The van der Waals surface area contributed by atoms with Gasteiger partial charge in [0.25, 0.3) is 5.91 Å². The van der Waals surface area contributed by atoms with E-state index in [1.807, 2.05) is 44.2 Å². The third-order valence-corrected chi connectivity index (χ3v) is 7.94. The molecular formula is C34H29F4N3O5. The Bertz CT molecular complexity index is 1880. The maximum Gasteiger partial charge on any atom is 0.452 e. The topological polar surface area (TPSA) is 105 Å². The van der Waals surface area contributed by atoms with Crippen LogP contribution in [-0.2, 0) is 17.6 Å². The van der Waals surface area contributed by atoms with Gasteiger partial charge in [-0.05, 0) is 41.7 Å². The minimum absolute atomic E-state index is 0.0190. The second-order valence-corrected chi connectivity index (χ2v) is 12.1. The van der Waals surface area contributed by atoms with Crippen molar-refractivity contribution >= 4 is 23.1 Å². The molecule has 1 aliphatic carbocycles. The Hall–Kier alpha value is -5.13. The van der Waals surface area contributed by atoms with E-state index < -0.39 is 52.5 Å². The number of ether oxygens (including phenoxy) is 1. The van der Waals surface area contributed by atoms with E-state index >= 15 is 4.39 Å². The molecule has 0 radical (unpaired) electrons. The summed E-state index contributed by atoms with van der Waals surface area (Å²) in [6, 6.07) is 15.6. The summed E-state index contributed by atoms with van der Waals surface area (Å²) in [4.78, 5) is 32.9. The molecule has 1 amide bonds. The van der Waals surface area contributed by atoms with Crippen LogP contribution in [0.4, 0.5) is 28.9 Å². The normalized spacial score (nSPS) is 17.6. The van der Waals surface area contributed by atoms with Crippen LogP contribution in [0.3, 0.4) is 0 Å². The lowest BCUT2D eigenvalue weighted by molar-refractivity contribution is -0.153. The van der Waals surface area contributed by atoms with Crippen LogP contribution in [0.5, 0.6) is 11.5 Å². The number of hydrogen-bond acceptors (Lipinski definition) is 7. The number of phenolic OH excluding ortho intramolecular Hbond substituents is 1. The smallest absolute Gasteiger partial charge is 0.452 e. The third kappa shape index (κ3) is 5.70. The molecule has 2 aliphatic rings. The number of oxazole rings is 1. The molecular weight excluding hydrogens is 606 g/mol. The summed E-state index contributed by atoms with van der Waals surface area (Å²) < 4.78 is 69.1. The first-order chi connectivity index (χ1) is 21.7. The first-order valence-corrected chi connectivity index (χ1v) is 14.4. The highest BCUT2D eigenvalue weighted by atomic mass is 19.4. The average Bonchev–Trinajstić information content (AvgIpc) is 3.32. The van der Waals surface area contributed by atoms with E-state index in [2.05, 4.69) is 10.3 Å². The van der Waals surface area contributed by atoms with Gasteiger partial charge in [0.05, 0.1) is 11.7 Å². The number of para-hydroxylation sites is 1. The summed E-state index contributed by atoms with van der Waals surface area (Å²) in [5, 5.41) is 14.0. The minimum Gasteiger partial charge on any atom is -0.506 e. The zero-order chi connectivity index (χ0) is 33.0. The van der Waals surface area contributed by atoms with Crippen LogP contribution >= 0.6 is 0 Å². The van der Waals surface area contributed by atoms with E-state index in [9.17, 15) is 27.9 Å². The van der Waals surface area contributed by atoms with E-state index in [0.29, 0.717) is 5.70 Å². The lowest BCUT2D eigenvalue weighted by Gasteiger charge is -2.37. The summed E-state index contributed by atoms with van der Waals surface area (Å²) in [7, 11) is 0. The molecule has 2 heterocycles. The number of anilines is 2. The molecule has 2 N–H and O–H groups in total. The van der Waals surface area contributed by atoms with Crippen LogP contribution in [0.1, 0.15) is 66.0 Å². The van der Waals surface area contributed by atoms with Crippen molar-refractivity contribution in [1.29, 1.82) is 0 Å². The van der Waals surface area contributed by atoms with Gasteiger partial charge in [-0.3, -0.25) is 14.5 Å². The van der Waals surface area contributed by atoms with Gasteiger partial charge in [0, 0.05) is 36.2 Å². The van der Waals surface area contributed by atoms with Crippen LogP contribution in [-0.4, -0.2) is 21.8 Å². The standard InChI is InChI=1S/C34H29F4N3O5/c1-18-39-29(31(46-18)34(36,37)38)32(44)41-24-10-7-11-25(42)28(24)40-23-15-33(2,3)16-26(43)27(23)30(41)21-13-12-20(14-22(21)35)45-17-19-8-5-4-6-9-19/h4-14,30,40,42H,15-17H2,1-3H3. The molecule has 6 rings (SSSR count). The molecule has 3 aromatic carbocycles. The van der Waals surface area contributed by atoms with Crippen LogP contribution in [0.2, 0.25) is 0 Å². The maximum absolute atomic E-state index is 16.3. The number of alkyl halides is 3. The van der Waals surface area contributed by atoms with Crippen LogP contribution < -0.4 is 15.0 Å². The van der Waals surface area contributed by atoms with E-state index in [-0.39, 0.29) is 53.5 Å². The maximum atomic E-state index is 16.3. The molecule has 1 aliphatic heterocycles. The number of aromatic nitrogens is 1. The van der Waals surface area contributed by atoms with Crippen molar-refractivity contribution in [2.24, 2.45) is 5.41 Å². The second kappa shape index (κ2) is 11.3. The number of Topliss-reactive ketones (excluding diaryl/α,β-unsaturated/α-hetero) is 1. The Kier molecular flexibility index (Phi) is 7.61. The van der Waals surface area contributed by atoms with Crippen LogP contribution in [0, 0.1) is 18.2 Å². The van der Waals surface area contributed by atoms with Crippen molar-refractivity contribution in [2.75, 3.05) is 10.2 Å². The molecule has 0 spiro atoms. The first-order valence-electron chi connectivity index (χ1n) is 14.4. The number of nitrogens with zero attached hydrogens (tertiary/aromatic N) is 2. The fraction of sp³-hybridized carbons (Fsp3) is 0.265. The first kappa shape index (κ1) is 30.9. The highest BCUT2D eigenvalue weighted by molar-refractivity contribution is 6.12. The van der Waals surface area contributed by atoms with Gasteiger partial charge in [0.15, 0.2) is 17.4 Å². The zero-order valence-electron chi connectivity index (χ0n) is 25.0. The van der Waals surface area contributed by atoms with Crippen molar-refractivity contribution in [3.63, 3.8) is 0 Å². The highest BCUT2D eigenvalue weighted by Gasteiger charge is 2.48. The number of ketones is 1. The molecule has 4 aromatic rings. The average molecular weight is 636 g/mol. The van der Waals surface area contributed by atoms with Crippen molar-refractivity contribution in [2.45, 2.75) is 52.4 Å². The van der Waals surface area contributed by atoms with Crippen LogP contribution in [0.15, 0.2) is 82.4 Å². The molecule has 46 heavy (non-hydrogen) atoms. The van der Waals surface area contributed by atoms with E-state index in [1.165, 1.54) is 30.3 Å². The Morgan fingerprint density at radius 1 is 1.11 bits per heavy atom. The third-order valence-electron chi connectivity index (χ3n) is 7.94. The van der Waals surface area contributed by atoms with Crippen LogP contribution in [0.25, 0.3) is 0 Å². The van der Waals surface area contributed by atoms with E-state index in [0.717, 1.165) is 23.5 Å². The number of carbonyl (C=O) groups is 2. The summed E-state index contributed by atoms with van der Waals surface area (Å²) in [5.74, 6) is -4.85. The number of aryl methyl sites for hydroxylation is 1. The lowest BCUT2D eigenvalue weighted by Crippen LogP contribution is -2.40. The summed E-state index contributed by atoms with van der Waals surface area (Å²) >= 11 is 0. The predicted molar refractivity (Wildman–Crippen MR) is 160 cm³/mol. The Balaban J connectivity index is 1.56. The fourth-order valence-corrected chi connectivity index (χ4v) is 6.00. The van der Waals surface area contributed by atoms with Gasteiger partial charge < -0.3 is 19.6 Å². The molecule has 0 saturated heterocycles. The zero-order valence-corrected chi connectivity index (χ0v) is 25.0. The van der Waals surface area contributed by atoms with Gasteiger partial charge in [0.2, 0.25) is 5.76 Å². The number of phenols is 1. The van der Waals surface area contributed by atoms with Gasteiger partial charge >= 0.3 is 6.18 Å². The number of fused-ring (bicyclic) bond motifs is 1. The molecule has 0 bridgehead atoms. The highest BCUT2D eigenvalue weighted by Crippen LogP contribution is 2.51. The van der Waals surface area contributed by atoms with E-state index in [4.69, 9.17) is 9.15 Å². The van der Waals surface area contributed by atoms with Crippen molar-refractivity contribution in [3.05, 3.63) is 112 Å². The number of carbonyl (C=O) groups excluding carboxylic acids is 2. The van der Waals surface area contributed by atoms with Gasteiger partial charge in [-0.1, -0.05) is 50.2 Å². The van der Waals surface area contributed by atoms with Gasteiger partial charge in [-0.25, -0.2) is 9.37 Å². The molecule has 0 fully saturated rings. The predicted octanol–water partition coefficient (Wildman–Crippen LogP) is 7.88. The molecule has 12 heteroatoms. The minimum atomic E-state index is -5.09. The van der Waals surface area contributed by atoms with Gasteiger partial charge in [-0.2, -0.15) is 13.2 Å². The Morgan fingerprint density at radius 3 is 2.54 bits per heavy atom. The lowest BCUT2D eigenvalue weighted by atomic mass is 9.73. The quantitative estimate of drug-likeness (QED) is 0.170.